The number of benzene rings is 3. The summed E-state index contributed by atoms with van der Waals surface area (Å²) >= 11 is 12.7. The molecule has 0 atom stereocenters. The Morgan fingerprint density at radius 3 is 2.41 bits per heavy atom. The lowest BCUT2D eigenvalue weighted by Crippen LogP contribution is -2.24. The molecule has 0 unspecified atom stereocenters. The number of methoxy groups -OCH3 is 1. The smallest absolute Gasteiger partial charge is 0.267 e. The van der Waals surface area contributed by atoms with Crippen molar-refractivity contribution in [1.82, 2.24) is 19.1 Å². The maximum Gasteiger partial charge on any atom is 0.267 e. The van der Waals surface area contributed by atoms with Gasteiger partial charge in [0.1, 0.15) is 11.6 Å². The number of halogens is 2. The molecule has 2 aromatic heterocycles. The highest BCUT2D eigenvalue weighted by atomic mass is 35.5. The fourth-order valence-corrected chi connectivity index (χ4v) is 5.03. The Bertz CT molecular complexity index is 1730. The fourth-order valence-electron chi connectivity index (χ4n) is 4.47. The largest absolute Gasteiger partial charge is 0.495 e. The van der Waals surface area contributed by atoms with E-state index in [1.807, 2.05) is 80.1 Å². The number of hydrogen-bond donors (Lipinski definition) is 0. The van der Waals surface area contributed by atoms with Gasteiger partial charge in [0.15, 0.2) is 0 Å². The summed E-state index contributed by atoms with van der Waals surface area (Å²) in [6.07, 6.45) is 7.40. The van der Waals surface area contributed by atoms with E-state index >= 15 is 0 Å². The first-order valence-corrected chi connectivity index (χ1v) is 12.4. The molecule has 5 aromatic rings. The predicted octanol–water partition coefficient (Wildman–Crippen LogP) is 6.98. The number of para-hydroxylation sites is 1. The monoisotopic (exact) mass is 530 g/mol. The maximum atomic E-state index is 13.8. The second-order valence-electron chi connectivity index (χ2n) is 8.82. The van der Waals surface area contributed by atoms with Crippen molar-refractivity contribution < 1.29 is 4.74 Å². The molecule has 6 nitrogen and oxygen atoms in total. The Labute approximate surface area is 224 Å². The number of hydrogen-bond acceptors (Lipinski definition) is 4. The molecule has 0 aliphatic carbocycles. The minimum Gasteiger partial charge on any atom is -0.495 e. The Balaban J connectivity index is 1.69. The minimum absolute atomic E-state index is 0.257. The van der Waals surface area contributed by atoms with Gasteiger partial charge in [0.05, 0.1) is 46.4 Å². The summed E-state index contributed by atoms with van der Waals surface area (Å²) in [7, 11) is 1.63. The van der Waals surface area contributed by atoms with Crippen molar-refractivity contribution in [2.24, 2.45) is 0 Å². The Morgan fingerprint density at radius 1 is 0.973 bits per heavy atom. The van der Waals surface area contributed by atoms with Crippen LogP contribution in [0.25, 0.3) is 34.4 Å². The topological polar surface area (TPSA) is 61.9 Å². The second kappa shape index (κ2) is 9.88. The third-order valence-electron chi connectivity index (χ3n) is 6.20. The number of imidazole rings is 1. The summed E-state index contributed by atoms with van der Waals surface area (Å²) in [6.45, 7) is 5.88. The van der Waals surface area contributed by atoms with Gasteiger partial charge in [-0.25, -0.2) is 9.97 Å². The van der Waals surface area contributed by atoms with Gasteiger partial charge in [-0.05, 0) is 67.8 Å². The van der Waals surface area contributed by atoms with Crippen molar-refractivity contribution in [3.05, 3.63) is 110 Å². The van der Waals surface area contributed by atoms with Crippen LogP contribution in [0.4, 0.5) is 0 Å². The van der Waals surface area contributed by atoms with Crippen molar-refractivity contribution in [3.63, 3.8) is 0 Å². The minimum atomic E-state index is -0.257. The average Bonchev–Trinajstić information content (AvgIpc) is 3.29. The number of rotatable bonds is 5. The number of nitrogens with zero attached hydrogens (tertiary/aromatic N) is 4. The zero-order valence-corrected chi connectivity index (χ0v) is 22.3. The van der Waals surface area contributed by atoms with Crippen molar-refractivity contribution in [2.45, 2.75) is 20.8 Å². The van der Waals surface area contributed by atoms with Gasteiger partial charge < -0.3 is 9.30 Å². The highest BCUT2D eigenvalue weighted by Gasteiger charge is 2.17. The van der Waals surface area contributed by atoms with Crippen LogP contribution < -0.4 is 10.3 Å². The van der Waals surface area contributed by atoms with Crippen molar-refractivity contribution >= 4 is 46.3 Å². The molecular formula is C29H24Cl2N4O2. The Kier molecular flexibility index (Phi) is 6.63. The lowest BCUT2D eigenvalue weighted by Gasteiger charge is -2.16. The van der Waals surface area contributed by atoms with Gasteiger partial charge in [-0.2, -0.15) is 0 Å². The molecule has 8 heteroatoms. The molecule has 0 radical (unpaired) electrons. The molecule has 0 aliphatic heterocycles. The summed E-state index contributed by atoms with van der Waals surface area (Å²) in [6, 6.07) is 15.0. The van der Waals surface area contributed by atoms with Crippen LogP contribution >= 0.6 is 23.2 Å². The van der Waals surface area contributed by atoms with Gasteiger partial charge in [-0.15, -0.1) is 0 Å². The molecule has 0 bridgehead atoms. The zero-order chi connectivity index (χ0) is 26.3. The van der Waals surface area contributed by atoms with Crippen molar-refractivity contribution in [2.75, 3.05) is 7.11 Å². The lowest BCUT2D eigenvalue weighted by atomic mass is 10.1. The molecule has 0 spiro atoms. The zero-order valence-electron chi connectivity index (χ0n) is 20.8. The molecule has 2 heterocycles. The quantitative estimate of drug-likeness (QED) is 0.246. The van der Waals surface area contributed by atoms with Gasteiger partial charge in [-0.1, -0.05) is 53.5 Å². The van der Waals surface area contributed by atoms with E-state index in [2.05, 4.69) is 4.98 Å². The highest BCUT2D eigenvalue weighted by Crippen LogP contribution is 2.28. The van der Waals surface area contributed by atoms with Crippen LogP contribution in [0.5, 0.6) is 5.75 Å². The standard InChI is InChI=1S/C29H24Cl2N4O2/c1-17-6-5-7-18(2)28(17)35-26(33-23-14-21(30)13-22(31)27(23)29(35)36)11-9-20-8-10-24(25(12-20)37-4)34-15-19(3)32-16-34/h5-16H,1-4H3/b11-9+. The summed E-state index contributed by atoms with van der Waals surface area (Å²) in [5.41, 5.74) is 5.52. The molecule has 0 fully saturated rings. The third kappa shape index (κ3) is 4.66. The summed E-state index contributed by atoms with van der Waals surface area (Å²) < 4.78 is 9.18. The summed E-state index contributed by atoms with van der Waals surface area (Å²) in [5, 5.41) is 1.01. The molecular weight excluding hydrogens is 507 g/mol. The second-order valence-corrected chi connectivity index (χ2v) is 9.66. The predicted molar refractivity (Wildman–Crippen MR) is 151 cm³/mol. The Morgan fingerprint density at radius 2 is 1.73 bits per heavy atom. The van der Waals surface area contributed by atoms with Crippen LogP contribution in [-0.4, -0.2) is 26.2 Å². The van der Waals surface area contributed by atoms with Crippen LogP contribution in [0, 0.1) is 20.8 Å². The maximum absolute atomic E-state index is 13.8. The molecule has 0 saturated carbocycles. The number of aromatic nitrogens is 4. The van der Waals surface area contributed by atoms with Gasteiger partial charge in [-0.3, -0.25) is 9.36 Å². The number of ether oxygens (including phenoxy) is 1. The van der Waals surface area contributed by atoms with E-state index in [1.54, 1.807) is 30.1 Å². The van der Waals surface area contributed by atoms with E-state index in [1.165, 1.54) is 0 Å². The molecule has 0 N–H and O–H groups in total. The normalized spacial score (nSPS) is 11.5. The van der Waals surface area contributed by atoms with Gasteiger partial charge in [0.25, 0.3) is 5.56 Å². The number of aryl methyl sites for hydroxylation is 3. The van der Waals surface area contributed by atoms with Gasteiger partial charge in [0.2, 0.25) is 0 Å². The molecule has 37 heavy (non-hydrogen) atoms. The lowest BCUT2D eigenvalue weighted by molar-refractivity contribution is 0.413. The first-order chi connectivity index (χ1) is 17.8. The molecule has 5 rings (SSSR count). The highest BCUT2D eigenvalue weighted by molar-refractivity contribution is 6.38. The Hall–Kier alpha value is -3.87. The van der Waals surface area contributed by atoms with E-state index in [-0.39, 0.29) is 10.6 Å². The SMILES string of the molecule is COc1cc(/C=C/c2nc3cc(Cl)cc(Cl)c3c(=O)n2-c2c(C)cccc2C)ccc1-n1cnc(C)c1. The van der Waals surface area contributed by atoms with E-state index in [0.29, 0.717) is 27.5 Å². The van der Waals surface area contributed by atoms with Crippen molar-refractivity contribution in [3.8, 4) is 17.1 Å². The van der Waals surface area contributed by atoms with Crippen LogP contribution in [-0.2, 0) is 0 Å². The fraction of sp³-hybridized carbons (Fsp3) is 0.138. The summed E-state index contributed by atoms with van der Waals surface area (Å²) in [5.74, 6) is 1.15. The molecule has 186 valence electrons. The van der Waals surface area contributed by atoms with E-state index in [0.717, 1.165) is 33.8 Å². The van der Waals surface area contributed by atoms with Crippen LogP contribution in [0.3, 0.4) is 0 Å². The van der Waals surface area contributed by atoms with Crippen molar-refractivity contribution in [1.29, 1.82) is 0 Å². The van der Waals surface area contributed by atoms with Gasteiger partial charge >= 0.3 is 0 Å². The summed E-state index contributed by atoms with van der Waals surface area (Å²) in [4.78, 5) is 22.9. The first kappa shape index (κ1) is 24.8. The average molecular weight is 531 g/mol. The molecule has 3 aromatic carbocycles. The third-order valence-corrected chi connectivity index (χ3v) is 6.71. The van der Waals surface area contributed by atoms with E-state index in [9.17, 15) is 4.79 Å². The number of fused-ring (bicyclic) bond motifs is 1. The van der Waals surface area contributed by atoms with Gasteiger partial charge in [0, 0.05) is 11.2 Å². The van der Waals surface area contributed by atoms with Crippen LogP contribution in [0.15, 0.2) is 65.8 Å². The van der Waals surface area contributed by atoms with Crippen LogP contribution in [0.2, 0.25) is 10.0 Å². The molecule has 0 amide bonds. The molecule has 0 saturated heterocycles. The van der Waals surface area contributed by atoms with E-state index < -0.39 is 0 Å². The van der Waals surface area contributed by atoms with E-state index in [4.69, 9.17) is 32.9 Å². The van der Waals surface area contributed by atoms with Crippen LogP contribution in [0.1, 0.15) is 28.2 Å². The molecule has 0 aliphatic rings. The first-order valence-electron chi connectivity index (χ1n) is 11.6.